The molecule has 3 rings (SSSR count). The number of nitrogens with zero attached hydrogens (tertiary/aromatic N) is 1. The summed E-state index contributed by atoms with van der Waals surface area (Å²) in [5.41, 5.74) is -0.252. The Kier molecular flexibility index (Phi) is 7.54. The first-order valence-electron chi connectivity index (χ1n) is 9.47. The van der Waals surface area contributed by atoms with Crippen LogP contribution in [0.5, 0.6) is 11.5 Å². The maximum absolute atomic E-state index is 12.8. The van der Waals surface area contributed by atoms with Gasteiger partial charge in [0.25, 0.3) is 5.56 Å². The lowest BCUT2D eigenvalue weighted by molar-refractivity contribution is -0.113. The van der Waals surface area contributed by atoms with Gasteiger partial charge in [-0.3, -0.25) is 9.59 Å². The Bertz CT molecular complexity index is 1260. The van der Waals surface area contributed by atoms with Crippen LogP contribution in [0.15, 0.2) is 74.5 Å². The number of methoxy groups -OCH3 is 1. The standard InChI is InChI=1S/C21H21N3O6S2/c1-3-30-15-7-9-17(10-8-15)32(27,28)18-12-22-21(24-20(18)26)31-13-19(25)23-14-5-4-6-16(11-14)29-2/h4-12H,3,13H2,1-2H3,(H,23,25)(H,22,24,26). The van der Waals surface area contributed by atoms with Crippen LogP contribution < -0.4 is 20.3 Å². The van der Waals surface area contributed by atoms with Gasteiger partial charge in [-0.05, 0) is 43.3 Å². The topological polar surface area (TPSA) is 127 Å². The van der Waals surface area contributed by atoms with Crippen molar-refractivity contribution in [3.05, 3.63) is 65.1 Å². The average Bonchev–Trinajstić information content (AvgIpc) is 2.78. The third kappa shape index (κ3) is 5.68. The van der Waals surface area contributed by atoms with Crippen LogP contribution in [0.4, 0.5) is 5.69 Å². The summed E-state index contributed by atoms with van der Waals surface area (Å²) < 4.78 is 36.0. The van der Waals surface area contributed by atoms with Crippen LogP contribution in [-0.4, -0.2) is 43.8 Å². The zero-order valence-corrected chi connectivity index (χ0v) is 19.0. The molecule has 0 saturated carbocycles. The molecule has 3 aromatic rings. The van der Waals surface area contributed by atoms with E-state index in [4.69, 9.17) is 9.47 Å². The van der Waals surface area contributed by atoms with Crippen molar-refractivity contribution in [3.63, 3.8) is 0 Å². The maximum Gasteiger partial charge on any atom is 0.270 e. The minimum Gasteiger partial charge on any atom is -0.497 e. The van der Waals surface area contributed by atoms with Crippen molar-refractivity contribution < 1.29 is 22.7 Å². The second kappa shape index (κ2) is 10.3. The van der Waals surface area contributed by atoms with E-state index in [2.05, 4.69) is 15.3 Å². The molecule has 32 heavy (non-hydrogen) atoms. The fraction of sp³-hybridized carbons (Fsp3) is 0.190. The minimum absolute atomic E-state index is 0.0366. The number of aromatic amines is 1. The first-order chi connectivity index (χ1) is 15.3. The van der Waals surface area contributed by atoms with E-state index in [0.29, 0.717) is 23.8 Å². The molecule has 0 radical (unpaired) electrons. The molecule has 2 N–H and O–H groups in total. The lowest BCUT2D eigenvalue weighted by atomic mass is 10.3. The Morgan fingerprint density at radius 3 is 2.56 bits per heavy atom. The van der Waals surface area contributed by atoms with Crippen LogP contribution in [0.2, 0.25) is 0 Å². The number of carbonyl (C=O) groups excluding carboxylic acids is 1. The molecule has 1 aromatic heterocycles. The van der Waals surface area contributed by atoms with E-state index in [1.54, 1.807) is 24.3 Å². The molecule has 9 nitrogen and oxygen atoms in total. The summed E-state index contributed by atoms with van der Waals surface area (Å²) in [5, 5.41) is 2.83. The van der Waals surface area contributed by atoms with Gasteiger partial charge in [0.1, 0.15) is 11.5 Å². The van der Waals surface area contributed by atoms with E-state index in [0.717, 1.165) is 18.0 Å². The molecule has 0 bridgehead atoms. The first kappa shape index (κ1) is 23.4. The Morgan fingerprint density at radius 1 is 1.16 bits per heavy atom. The Morgan fingerprint density at radius 2 is 1.91 bits per heavy atom. The van der Waals surface area contributed by atoms with Crippen molar-refractivity contribution in [2.75, 3.05) is 24.8 Å². The smallest absolute Gasteiger partial charge is 0.270 e. The van der Waals surface area contributed by atoms with Crippen LogP contribution in [0, 0.1) is 0 Å². The Labute approximate surface area is 189 Å². The molecular weight excluding hydrogens is 454 g/mol. The van der Waals surface area contributed by atoms with Crippen LogP contribution in [-0.2, 0) is 14.6 Å². The number of anilines is 1. The summed E-state index contributed by atoms with van der Waals surface area (Å²) >= 11 is 0.973. The fourth-order valence-electron chi connectivity index (χ4n) is 2.67. The largest absolute Gasteiger partial charge is 0.497 e. The molecule has 2 aromatic carbocycles. The number of sulfone groups is 1. The normalized spacial score (nSPS) is 11.1. The van der Waals surface area contributed by atoms with Gasteiger partial charge in [-0.1, -0.05) is 17.8 Å². The fourth-order valence-corrected chi connectivity index (χ4v) is 4.54. The van der Waals surface area contributed by atoms with Gasteiger partial charge in [-0.25, -0.2) is 13.4 Å². The number of amides is 1. The molecule has 0 saturated heterocycles. The molecular formula is C21H21N3O6S2. The second-order valence-corrected chi connectivity index (χ2v) is 9.24. The predicted molar refractivity (Wildman–Crippen MR) is 120 cm³/mol. The number of thioether (sulfide) groups is 1. The van der Waals surface area contributed by atoms with Crippen molar-refractivity contribution in [3.8, 4) is 11.5 Å². The van der Waals surface area contributed by atoms with Crippen molar-refractivity contribution in [1.29, 1.82) is 0 Å². The molecule has 0 atom stereocenters. The number of benzene rings is 2. The highest BCUT2D eigenvalue weighted by atomic mass is 32.2. The van der Waals surface area contributed by atoms with E-state index in [1.807, 2.05) is 6.92 Å². The zero-order valence-electron chi connectivity index (χ0n) is 17.3. The summed E-state index contributed by atoms with van der Waals surface area (Å²) in [6, 6.07) is 12.6. The number of nitrogens with one attached hydrogen (secondary N) is 2. The number of H-pyrrole nitrogens is 1. The summed E-state index contributed by atoms with van der Waals surface area (Å²) in [6.45, 7) is 2.27. The SMILES string of the molecule is CCOc1ccc(S(=O)(=O)c2cnc(SCC(=O)Nc3cccc(OC)c3)[nH]c2=O)cc1. The summed E-state index contributed by atoms with van der Waals surface area (Å²) in [5.74, 6) is 0.769. The van der Waals surface area contributed by atoms with Gasteiger partial charge in [0.15, 0.2) is 10.1 Å². The van der Waals surface area contributed by atoms with E-state index in [-0.39, 0.29) is 21.7 Å². The van der Waals surface area contributed by atoms with Gasteiger partial charge >= 0.3 is 0 Å². The summed E-state index contributed by atoms with van der Waals surface area (Å²) in [7, 11) is -2.53. The third-order valence-electron chi connectivity index (χ3n) is 4.17. The molecule has 0 spiro atoms. The molecule has 1 amide bonds. The predicted octanol–water partition coefficient (Wildman–Crippen LogP) is 2.74. The van der Waals surface area contributed by atoms with Crippen molar-refractivity contribution in [2.24, 2.45) is 0 Å². The van der Waals surface area contributed by atoms with Gasteiger partial charge in [0, 0.05) is 11.8 Å². The van der Waals surface area contributed by atoms with Gasteiger partial charge in [0.05, 0.1) is 30.6 Å². The number of hydrogen-bond acceptors (Lipinski definition) is 8. The Balaban J connectivity index is 1.67. The molecule has 1 heterocycles. The van der Waals surface area contributed by atoms with Crippen molar-refractivity contribution in [2.45, 2.75) is 21.9 Å². The Hall–Kier alpha value is -3.31. The number of aromatic nitrogens is 2. The van der Waals surface area contributed by atoms with Crippen molar-refractivity contribution >= 4 is 33.2 Å². The average molecular weight is 476 g/mol. The van der Waals surface area contributed by atoms with Crippen LogP contribution in [0.25, 0.3) is 0 Å². The second-order valence-electron chi connectivity index (χ2n) is 6.36. The van der Waals surface area contributed by atoms with E-state index >= 15 is 0 Å². The number of hydrogen-bond donors (Lipinski definition) is 2. The van der Waals surface area contributed by atoms with Crippen LogP contribution in [0.1, 0.15) is 6.92 Å². The van der Waals surface area contributed by atoms with Gasteiger partial charge < -0.3 is 19.8 Å². The summed E-state index contributed by atoms with van der Waals surface area (Å²) in [6.07, 6.45) is 0.993. The van der Waals surface area contributed by atoms with Gasteiger partial charge in [-0.15, -0.1) is 0 Å². The highest BCUT2D eigenvalue weighted by molar-refractivity contribution is 7.99. The molecule has 0 aliphatic heterocycles. The summed E-state index contributed by atoms with van der Waals surface area (Å²) in [4.78, 5) is 30.4. The molecule has 0 aliphatic carbocycles. The molecule has 168 valence electrons. The lowest BCUT2D eigenvalue weighted by Gasteiger charge is -2.08. The first-order valence-corrected chi connectivity index (χ1v) is 11.9. The molecule has 0 aliphatic rings. The van der Waals surface area contributed by atoms with E-state index < -0.39 is 20.3 Å². The number of ether oxygens (including phenoxy) is 2. The zero-order chi connectivity index (χ0) is 23.1. The van der Waals surface area contributed by atoms with Crippen LogP contribution in [0.3, 0.4) is 0 Å². The molecule has 0 unspecified atom stereocenters. The molecule has 11 heteroatoms. The highest BCUT2D eigenvalue weighted by Crippen LogP contribution is 2.22. The minimum atomic E-state index is -4.06. The maximum atomic E-state index is 12.8. The van der Waals surface area contributed by atoms with Gasteiger partial charge in [-0.2, -0.15) is 0 Å². The highest BCUT2D eigenvalue weighted by Gasteiger charge is 2.22. The van der Waals surface area contributed by atoms with Gasteiger partial charge in [0.2, 0.25) is 15.7 Å². The molecule has 0 fully saturated rings. The van der Waals surface area contributed by atoms with Crippen molar-refractivity contribution in [1.82, 2.24) is 9.97 Å². The third-order valence-corrected chi connectivity index (χ3v) is 6.82. The van der Waals surface area contributed by atoms with E-state index in [9.17, 15) is 18.0 Å². The number of rotatable bonds is 9. The van der Waals surface area contributed by atoms with Crippen LogP contribution >= 0.6 is 11.8 Å². The monoisotopic (exact) mass is 475 g/mol. The quantitative estimate of drug-likeness (QED) is 0.357. The number of carbonyl (C=O) groups is 1. The lowest BCUT2D eigenvalue weighted by Crippen LogP contribution is -2.20. The van der Waals surface area contributed by atoms with E-state index in [1.165, 1.54) is 31.4 Å².